The van der Waals surface area contributed by atoms with E-state index in [9.17, 15) is 9.00 Å². The first-order valence-electron chi connectivity index (χ1n) is 6.21. The summed E-state index contributed by atoms with van der Waals surface area (Å²) in [4.78, 5) is 12.7. The van der Waals surface area contributed by atoms with Crippen LogP contribution in [0.3, 0.4) is 0 Å². The molecule has 19 heavy (non-hydrogen) atoms. The lowest BCUT2D eigenvalue weighted by Crippen LogP contribution is -2.46. The van der Waals surface area contributed by atoms with E-state index in [2.05, 4.69) is 5.32 Å². The second-order valence-corrected chi connectivity index (χ2v) is 7.38. The second kappa shape index (κ2) is 6.30. The lowest BCUT2D eigenvalue weighted by atomic mass is 10.1. The van der Waals surface area contributed by atoms with E-state index < -0.39 is 16.3 Å². The Morgan fingerprint density at radius 2 is 1.84 bits per heavy atom. The maximum absolute atomic E-state index is 11.9. The average molecular weight is 283 g/mol. The minimum atomic E-state index is -1.05. The Morgan fingerprint density at radius 1 is 1.32 bits per heavy atom. The molecular formula is C14H21NO3S. The van der Waals surface area contributed by atoms with Gasteiger partial charge in [0.1, 0.15) is 0 Å². The zero-order chi connectivity index (χ0) is 14.6. The number of nitrogens with one attached hydrogen (secondary N) is 1. The molecule has 1 aromatic carbocycles. The number of carbonyl (C=O) groups excluding carboxylic acids is 1. The van der Waals surface area contributed by atoms with E-state index in [1.54, 1.807) is 38.1 Å². The van der Waals surface area contributed by atoms with Crippen LogP contribution in [0, 0.1) is 0 Å². The molecule has 0 aliphatic rings. The van der Waals surface area contributed by atoms with E-state index in [0.29, 0.717) is 10.5 Å². The second-order valence-electron chi connectivity index (χ2n) is 5.37. The SMILES string of the molecule is CC(C)S(=O)c1ccc(C(=O)NC(C)(C)CO)cc1. The molecule has 2 N–H and O–H groups in total. The molecule has 1 amide bonds. The summed E-state index contributed by atoms with van der Waals surface area (Å²) in [6.45, 7) is 7.13. The molecule has 0 saturated carbocycles. The number of aliphatic hydroxyl groups excluding tert-OH is 1. The van der Waals surface area contributed by atoms with Gasteiger partial charge < -0.3 is 10.4 Å². The molecule has 0 saturated heterocycles. The normalized spacial score (nSPS) is 13.4. The van der Waals surface area contributed by atoms with Gasteiger partial charge in [0.15, 0.2) is 0 Å². The third kappa shape index (κ3) is 4.44. The Bertz CT molecular complexity index is 466. The van der Waals surface area contributed by atoms with E-state index in [0.717, 1.165) is 0 Å². The molecule has 1 rings (SSSR count). The zero-order valence-corrected chi connectivity index (χ0v) is 12.6. The monoisotopic (exact) mass is 283 g/mol. The summed E-state index contributed by atoms with van der Waals surface area (Å²) in [7, 11) is -1.05. The van der Waals surface area contributed by atoms with Gasteiger partial charge in [-0.3, -0.25) is 9.00 Å². The van der Waals surface area contributed by atoms with Crippen molar-refractivity contribution in [1.82, 2.24) is 5.32 Å². The van der Waals surface area contributed by atoms with Gasteiger partial charge in [-0.25, -0.2) is 0 Å². The van der Waals surface area contributed by atoms with E-state index in [4.69, 9.17) is 5.11 Å². The topological polar surface area (TPSA) is 66.4 Å². The predicted molar refractivity (Wildman–Crippen MR) is 76.6 cm³/mol. The third-order valence-corrected chi connectivity index (χ3v) is 4.22. The van der Waals surface area contributed by atoms with Crippen LogP contribution in [0.4, 0.5) is 0 Å². The number of rotatable bonds is 5. The van der Waals surface area contributed by atoms with Crippen molar-refractivity contribution in [2.45, 2.75) is 43.4 Å². The summed E-state index contributed by atoms with van der Waals surface area (Å²) in [5, 5.41) is 11.9. The molecule has 106 valence electrons. The maximum Gasteiger partial charge on any atom is 0.251 e. The van der Waals surface area contributed by atoms with Gasteiger partial charge in [0.25, 0.3) is 5.91 Å². The highest BCUT2D eigenvalue weighted by Gasteiger charge is 2.20. The Balaban J connectivity index is 2.82. The van der Waals surface area contributed by atoms with Crippen molar-refractivity contribution >= 4 is 16.7 Å². The van der Waals surface area contributed by atoms with Crippen LogP contribution in [0.5, 0.6) is 0 Å². The molecular weight excluding hydrogens is 262 g/mol. The lowest BCUT2D eigenvalue weighted by Gasteiger charge is -2.23. The smallest absolute Gasteiger partial charge is 0.251 e. The van der Waals surface area contributed by atoms with Gasteiger partial charge in [-0.15, -0.1) is 0 Å². The van der Waals surface area contributed by atoms with Crippen molar-refractivity contribution in [3.8, 4) is 0 Å². The van der Waals surface area contributed by atoms with Crippen molar-refractivity contribution < 1.29 is 14.1 Å². The summed E-state index contributed by atoms with van der Waals surface area (Å²) in [6.07, 6.45) is 0. The van der Waals surface area contributed by atoms with Gasteiger partial charge in [-0.1, -0.05) is 13.8 Å². The summed E-state index contributed by atoms with van der Waals surface area (Å²) in [5.74, 6) is -0.249. The van der Waals surface area contributed by atoms with Crippen LogP contribution < -0.4 is 5.32 Å². The van der Waals surface area contributed by atoms with Gasteiger partial charge in [-0.2, -0.15) is 0 Å². The molecule has 0 aromatic heterocycles. The standard InChI is InChI=1S/C14H21NO3S/c1-10(2)19(18)12-7-5-11(6-8-12)13(17)15-14(3,4)9-16/h5-8,10,16H,9H2,1-4H3,(H,15,17). The van der Waals surface area contributed by atoms with Crippen LogP contribution in [0.25, 0.3) is 0 Å². The first-order valence-corrected chi connectivity index (χ1v) is 7.42. The largest absolute Gasteiger partial charge is 0.394 e. The highest BCUT2D eigenvalue weighted by Crippen LogP contribution is 2.13. The molecule has 0 bridgehead atoms. The Morgan fingerprint density at radius 3 is 2.26 bits per heavy atom. The Kier molecular flexibility index (Phi) is 5.26. The number of carbonyl (C=O) groups is 1. The van der Waals surface area contributed by atoms with Crippen molar-refractivity contribution in [2.75, 3.05) is 6.61 Å². The first-order chi connectivity index (χ1) is 8.76. The van der Waals surface area contributed by atoms with Crippen LogP contribution >= 0.6 is 0 Å². The first kappa shape index (κ1) is 15.9. The molecule has 0 spiro atoms. The fourth-order valence-electron chi connectivity index (χ4n) is 1.43. The van der Waals surface area contributed by atoms with E-state index in [1.807, 2.05) is 13.8 Å². The van der Waals surface area contributed by atoms with Gasteiger partial charge in [0.05, 0.1) is 22.9 Å². The number of amides is 1. The van der Waals surface area contributed by atoms with Crippen LogP contribution in [-0.4, -0.2) is 32.6 Å². The summed E-state index contributed by atoms with van der Waals surface area (Å²) in [5.41, 5.74) is -0.165. The molecule has 5 heteroatoms. The van der Waals surface area contributed by atoms with Crippen LogP contribution in [0.1, 0.15) is 38.1 Å². The summed E-state index contributed by atoms with van der Waals surface area (Å²) in [6, 6.07) is 6.71. The Labute approximate surface area is 116 Å². The third-order valence-electron chi connectivity index (χ3n) is 2.62. The van der Waals surface area contributed by atoms with E-state index >= 15 is 0 Å². The van der Waals surface area contributed by atoms with Crippen molar-refractivity contribution in [1.29, 1.82) is 0 Å². The van der Waals surface area contributed by atoms with Gasteiger partial charge in [0, 0.05) is 15.7 Å². The Hall–Kier alpha value is -1.20. The molecule has 0 heterocycles. The van der Waals surface area contributed by atoms with Gasteiger partial charge >= 0.3 is 0 Å². The molecule has 1 unspecified atom stereocenters. The number of hydrogen-bond donors (Lipinski definition) is 2. The number of benzene rings is 1. The lowest BCUT2D eigenvalue weighted by molar-refractivity contribution is 0.0869. The molecule has 0 aliphatic heterocycles. The molecule has 0 aliphatic carbocycles. The number of aliphatic hydroxyl groups is 1. The highest BCUT2D eigenvalue weighted by molar-refractivity contribution is 7.85. The zero-order valence-electron chi connectivity index (χ0n) is 11.8. The number of hydrogen-bond acceptors (Lipinski definition) is 3. The molecule has 0 radical (unpaired) electrons. The summed E-state index contributed by atoms with van der Waals surface area (Å²) >= 11 is 0. The fraction of sp³-hybridized carbons (Fsp3) is 0.500. The van der Waals surface area contributed by atoms with Gasteiger partial charge in [-0.05, 0) is 38.1 Å². The minimum Gasteiger partial charge on any atom is -0.394 e. The quantitative estimate of drug-likeness (QED) is 0.864. The van der Waals surface area contributed by atoms with Crippen LogP contribution in [0.2, 0.25) is 0 Å². The minimum absolute atomic E-state index is 0.0491. The predicted octanol–water partition coefficient (Wildman–Crippen LogP) is 1.70. The highest BCUT2D eigenvalue weighted by atomic mass is 32.2. The molecule has 1 atom stereocenters. The molecule has 4 nitrogen and oxygen atoms in total. The van der Waals surface area contributed by atoms with Gasteiger partial charge in [0.2, 0.25) is 0 Å². The van der Waals surface area contributed by atoms with Crippen molar-refractivity contribution in [2.24, 2.45) is 0 Å². The summed E-state index contributed by atoms with van der Waals surface area (Å²) < 4.78 is 11.9. The fourth-order valence-corrected chi connectivity index (χ4v) is 2.38. The average Bonchev–Trinajstić information content (AvgIpc) is 2.37. The van der Waals surface area contributed by atoms with Crippen LogP contribution in [-0.2, 0) is 10.8 Å². The maximum atomic E-state index is 11.9. The molecule has 1 aromatic rings. The molecule has 0 fully saturated rings. The van der Waals surface area contributed by atoms with E-state index in [1.165, 1.54) is 0 Å². The van der Waals surface area contributed by atoms with Crippen molar-refractivity contribution in [3.63, 3.8) is 0 Å². The van der Waals surface area contributed by atoms with E-state index in [-0.39, 0.29) is 17.8 Å². The van der Waals surface area contributed by atoms with Crippen LogP contribution in [0.15, 0.2) is 29.2 Å². The van der Waals surface area contributed by atoms with Crippen molar-refractivity contribution in [3.05, 3.63) is 29.8 Å².